The third-order valence-corrected chi connectivity index (χ3v) is 7.22. The molecule has 0 aliphatic carbocycles. The average Bonchev–Trinajstić information content (AvgIpc) is 2.81. The highest BCUT2D eigenvalue weighted by Gasteiger charge is 2.31. The molecule has 3 N–H and O–H groups in total. The fraction of sp³-hybridized carbons (Fsp3) is 0.409. The van der Waals surface area contributed by atoms with Gasteiger partial charge in [-0.15, -0.1) is 9.05 Å². The fourth-order valence-corrected chi connectivity index (χ4v) is 4.41. The molecule has 2 unspecified atom stereocenters. The van der Waals surface area contributed by atoms with Crippen molar-refractivity contribution in [3.05, 3.63) is 71.8 Å². The maximum Gasteiger partial charge on any atom is 0.697 e. The average molecular weight is 489 g/mol. The van der Waals surface area contributed by atoms with Crippen LogP contribution in [0.5, 0.6) is 0 Å². The van der Waals surface area contributed by atoms with Crippen LogP contribution in [0.3, 0.4) is 0 Å². The van der Waals surface area contributed by atoms with E-state index in [0.29, 0.717) is 31.5 Å². The minimum Gasteiger partial charge on any atom is -0.412 e. The van der Waals surface area contributed by atoms with Crippen molar-refractivity contribution in [3.8, 4) is 0 Å². The second-order valence-corrected chi connectivity index (χ2v) is 9.63. The van der Waals surface area contributed by atoms with Gasteiger partial charge in [0.25, 0.3) is 0 Å². The highest BCUT2D eigenvalue weighted by Crippen LogP contribution is 2.58. The van der Waals surface area contributed by atoms with Gasteiger partial charge in [0.2, 0.25) is 7.37 Å². The lowest BCUT2D eigenvalue weighted by molar-refractivity contribution is 0.112. The van der Waals surface area contributed by atoms with Crippen molar-refractivity contribution in [1.82, 2.24) is 0 Å². The van der Waals surface area contributed by atoms with Gasteiger partial charge < -0.3 is 15.1 Å². The van der Waals surface area contributed by atoms with Crippen molar-refractivity contribution in [2.45, 2.75) is 33.5 Å². The molecule has 2 rings (SSSR count). The largest absolute Gasteiger partial charge is 0.697 e. The molecular formula is C22H35O8P2+. The number of rotatable bonds is 10. The second-order valence-electron chi connectivity index (χ2n) is 5.83. The van der Waals surface area contributed by atoms with Crippen molar-refractivity contribution in [2.75, 3.05) is 26.0 Å². The van der Waals surface area contributed by atoms with E-state index < -0.39 is 21.5 Å². The molecule has 10 heteroatoms. The maximum absolute atomic E-state index is 12.2. The van der Waals surface area contributed by atoms with E-state index >= 15 is 0 Å². The molecule has 0 bridgehead atoms. The van der Waals surface area contributed by atoms with Crippen LogP contribution in [0.25, 0.3) is 0 Å². The van der Waals surface area contributed by atoms with Gasteiger partial charge in [0.1, 0.15) is 19.5 Å². The van der Waals surface area contributed by atoms with Gasteiger partial charge in [-0.3, -0.25) is 9.36 Å². The first-order chi connectivity index (χ1) is 14.9. The standard InChI is InChI=1S/C11H17O3P.C7H6O.C4H10O3P.H2O/c1-3-14-15(13,4-2)11(12)10-8-6-5-7-9-10;8-6-7-4-2-1-3-5-7;1-3-6-8(5)7-4-2;/h5-9,11-12H,3-4H2,1-2H3;1-6H;3-4H2,1-2H3;1H2/q;;+1;. The van der Waals surface area contributed by atoms with Crippen molar-refractivity contribution >= 4 is 21.9 Å². The van der Waals surface area contributed by atoms with E-state index in [1.165, 1.54) is 0 Å². The predicted octanol–water partition coefficient (Wildman–Crippen LogP) is 5.40. The quantitative estimate of drug-likeness (QED) is 0.349. The minimum absolute atomic E-state index is 0. The number of aliphatic hydroxyl groups excluding tert-OH is 1. The first-order valence-electron chi connectivity index (χ1n) is 10.1. The number of carbonyl (C=O) groups is 1. The molecule has 32 heavy (non-hydrogen) atoms. The molecular weight excluding hydrogens is 454 g/mol. The highest BCUT2D eigenvalue weighted by atomic mass is 31.2. The molecule has 0 saturated heterocycles. The van der Waals surface area contributed by atoms with E-state index in [1.807, 2.05) is 36.4 Å². The monoisotopic (exact) mass is 489 g/mol. The molecule has 0 spiro atoms. The Balaban J connectivity index is 0. The lowest BCUT2D eigenvalue weighted by Crippen LogP contribution is -2.04. The molecule has 0 aliphatic heterocycles. The lowest BCUT2D eigenvalue weighted by atomic mass is 10.2. The summed E-state index contributed by atoms with van der Waals surface area (Å²) in [5, 5.41) is 9.98. The van der Waals surface area contributed by atoms with Crippen molar-refractivity contribution in [2.24, 2.45) is 0 Å². The normalized spacial score (nSPS) is 12.4. The number of hydrogen-bond acceptors (Lipinski definition) is 7. The Morgan fingerprint density at radius 2 is 1.38 bits per heavy atom. The Morgan fingerprint density at radius 3 is 1.72 bits per heavy atom. The summed E-state index contributed by atoms with van der Waals surface area (Å²) in [6.45, 7) is 8.32. The van der Waals surface area contributed by atoms with Crippen LogP contribution in [0.15, 0.2) is 60.7 Å². The van der Waals surface area contributed by atoms with Crippen LogP contribution in [0.1, 0.15) is 49.5 Å². The lowest BCUT2D eigenvalue weighted by Gasteiger charge is -2.22. The van der Waals surface area contributed by atoms with Gasteiger partial charge in [-0.25, -0.2) is 0 Å². The van der Waals surface area contributed by atoms with E-state index in [-0.39, 0.29) is 5.48 Å². The minimum atomic E-state index is -2.96. The Morgan fingerprint density at radius 1 is 0.906 bits per heavy atom. The van der Waals surface area contributed by atoms with E-state index in [1.54, 1.807) is 52.0 Å². The fourth-order valence-electron chi connectivity index (χ4n) is 2.19. The number of hydrogen-bond donors (Lipinski definition) is 1. The Labute approximate surface area is 191 Å². The first-order valence-corrected chi connectivity index (χ1v) is 13.0. The molecule has 0 aliphatic rings. The summed E-state index contributed by atoms with van der Waals surface area (Å²) in [5.74, 6) is -1.01. The molecule has 0 amide bonds. The zero-order valence-corrected chi connectivity index (χ0v) is 20.8. The molecule has 180 valence electrons. The van der Waals surface area contributed by atoms with Gasteiger partial charge in [-0.05, 0) is 26.3 Å². The van der Waals surface area contributed by atoms with Crippen molar-refractivity contribution in [1.29, 1.82) is 0 Å². The Kier molecular flexibility index (Phi) is 20.2. The SMILES string of the molecule is CCOP(=O)(CC)C(O)c1ccccc1.CCO[P+](=O)OCC.O.O=Cc1ccccc1. The van der Waals surface area contributed by atoms with Crippen LogP contribution >= 0.6 is 15.6 Å². The predicted molar refractivity (Wildman–Crippen MR) is 127 cm³/mol. The number of benzene rings is 2. The van der Waals surface area contributed by atoms with Crippen LogP contribution in [-0.4, -0.2) is 42.9 Å². The van der Waals surface area contributed by atoms with E-state index in [2.05, 4.69) is 9.05 Å². The summed E-state index contributed by atoms with van der Waals surface area (Å²) in [7, 11) is -4.79. The number of aldehydes is 1. The van der Waals surface area contributed by atoms with Gasteiger partial charge >= 0.3 is 8.25 Å². The summed E-state index contributed by atoms with van der Waals surface area (Å²) in [6.07, 6.45) is 1.18. The second kappa shape index (κ2) is 19.9. The van der Waals surface area contributed by atoms with Crippen LogP contribution in [-0.2, 0) is 22.7 Å². The summed E-state index contributed by atoms with van der Waals surface area (Å²) < 4.78 is 36.9. The van der Waals surface area contributed by atoms with Crippen molar-refractivity contribution < 1.29 is 38.1 Å². The summed E-state index contributed by atoms with van der Waals surface area (Å²) in [5.41, 5.74) is 1.38. The molecule has 2 atom stereocenters. The zero-order chi connectivity index (χ0) is 23.5. The third kappa shape index (κ3) is 13.6. The number of carbonyl (C=O) groups excluding carboxylic acids is 1. The van der Waals surface area contributed by atoms with E-state index in [0.717, 1.165) is 11.8 Å². The topological polar surface area (TPSA) is 131 Å². The smallest absolute Gasteiger partial charge is 0.412 e. The van der Waals surface area contributed by atoms with Crippen molar-refractivity contribution in [3.63, 3.8) is 0 Å². The van der Waals surface area contributed by atoms with Gasteiger partial charge in [-0.1, -0.05) is 67.6 Å². The Hall–Kier alpha value is -1.76. The third-order valence-electron chi connectivity index (χ3n) is 3.66. The summed E-state index contributed by atoms with van der Waals surface area (Å²) in [6, 6.07) is 18.1. The molecule has 0 fully saturated rings. The van der Waals surface area contributed by atoms with Gasteiger partial charge in [0, 0.05) is 16.3 Å². The molecule has 0 radical (unpaired) electrons. The molecule has 0 heterocycles. The number of aliphatic hydroxyl groups is 1. The van der Waals surface area contributed by atoms with Crippen LogP contribution < -0.4 is 0 Å². The first kappa shape index (κ1) is 32.4. The maximum atomic E-state index is 12.2. The van der Waals surface area contributed by atoms with Gasteiger partial charge in [0.15, 0.2) is 5.85 Å². The van der Waals surface area contributed by atoms with E-state index in [4.69, 9.17) is 4.52 Å². The summed E-state index contributed by atoms with van der Waals surface area (Å²) >= 11 is 0. The van der Waals surface area contributed by atoms with E-state index in [9.17, 15) is 19.0 Å². The highest BCUT2D eigenvalue weighted by molar-refractivity contribution is 7.59. The van der Waals surface area contributed by atoms with Gasteiger partial charge in [0.05, 0.1) is 6.61 Å². The Bertz CT molecular complexity index is 764. The summed E-state index contributed by atoms with van der Waals surface area (Å²) in [4.78, 5) is 10.0. The molecule has 0 saturated carbocycles. The molecule has 8 nitrogen and oxygen atoms in total. The van der Waals surface area contributed by atoms with Crippen LogP contribution in [0, 0.1) is 0 Å². The molecule has 0 aromatic heterocycles. The van der Waals surface area contributed by atoms with Gasteiger partial charge in [-0.2, -0.15) is 0 Å². The molecule has 2 aromatic rings. The zero-order valence-electron chi connectivity index (χ0n) is 19.0. The van der Waals surface area contributed by atoms with Crippen LogP contribution in [0.4, 0.5) is 0 Å². The molecule has 2 aromatic carbocycles. The van der Waals surface area contributed by atoms with Crippen LogP contribution in [0.2, 0.25) is 0 Å².